The van der Waals surface area contributed by atoms with Crippen molar-refractivity contribution in [2.45, 2.75) is 19.0 Å². The van der Waals surface area contributed by atoms with E-state index < -0.39 is 0 Å². The van der Waals surface area contributed by atoms with E-state index in [1.807, 2.05) is 73.1 Å². The van der Waals surface area contributed by atoms with Crippen LogP contribution in [-0.2, 0) is 13.0 Å². The number of nitrogens with two attached hydrogens (primary N) is 1. The summed E-state index contributed by atoms with van der Waals surface area (Å²) in [5.41, 5.74) is 11.9. The standard InChI is InChI=1S/C30H29N5O/c31-26(16-25-19-34-29-9-5-4-8-28(25)29)21-36-27-14-24(17-32-20-27)11-10-22-12-13-33-30(15-22)35-18-23-6-2-1-3-7-23/h1-15,17,19-20,26,34H,16,18,21,31H2,(H,33,35)/b11-10+/t26-/m0/s1. The van der Waals surface area contributed by atoms with E-state index in [9.17, 15) is 0 Å². The second-order valence-corrected chi connectivity index (χ2v) is 8.74. The van der Waals surface area contributed by atoms with Crippen molar-refractivity contribution in [2.24, 2.45) is 5.73 Å². The first kappa shape index (κ1) is 23.3. The Hall–Kier alpha value is -4.42. The molecule has 5 aromatic rings. The molecule has 0 aliphatic heterocycles. The molecule has 2 aromatic carbocycles. The first-order valence-corrected chi connectivity index (χ1v) is 12.0. The smallest absolute Gasteiger partial charge is 0.138 e. The highest BCUT2D eigenvalue weighted by atomic mass is 16.5. The fourth-order valence-corrected chi connectivity index (χ4v) is 4.08. The van der Waals surface area contributed by atoms with E-state index in [0.29, 0.717) is 12.4 Å². The van der Waals surface area contributed by atoms with E-state index in [1.165, 1.54) is 16.5 Å². The third kappa shape index (κ3) is 6.17. The molecule has 0 amide bonds. The maximum absolute atomic E-state index is 6.37. The number of ether oxygens (including phenoxy) is 1. The summed E-state index contributed by atoms with van der Waals surface area (Å²) in [4.78, 5) is 12.0. The van der Waals surface area contributed by atoms with Gasteiger partial charge in [0.25, 0.3) is 0 Å². The van der Waals surface area contributed by atoms with E-state index in [0.717, 1.165) is 35.4 Å². The van der Waals surface area contributed by atoms with Gasteiger partial charge in [0.1, 0.15) is 18.2 Å². The fourth-order valence-electron chi connectivity index (χ4n) is 4.08. The van der Waals surface area contributed by atoms with Gasteiger partial charge >= 0.3 is 0 Å². The molecule has 3 aromatic heterocycles. The van der Waals surface area contributed by atoms with Crippen LogP contribution in [0.1, 0.15) is 22.3 Å². The van der Waals surface area contributed by atoms with Gasteiger partial charge in [-0.15, -0.1) is 0 Å². The summed E-state index contributed by atoms with van der Waals surface area (Å²) >= 11 is 0. The summed E-state index contributed by atoms with van der Waals surface area (Å²) in [7, 11) is 0. The zero-order valence-corrected chi connectivity index (χ0v) is 20.0. The highest BCUT2D eigenvalue weighted by Crippen LogP contribution is 2.20. The maximum atomic E-state index is 6.37. The van der Waals surface area contributed by atoms with E-state index in [1.54, 1.807) is 12.4 Å². The predicted molar refractivity (Wildman–Crippen MR) is 147 cm³/mol. The van der Waals surface area contributed by atoms with Crippen LogP contribution >= 0.6 is 0 Å². The minimum absolute atomic E-state index is 0.123. The summed E-state index contributed by atoms with van der Waals surface area (Å²) < 4.78 is 5.96. The number of nitrogens with one attached hydrogen (secondary N) is 2. The summed E-state index contributed by atoms with van der Waals surface area (Å²) in [6.45, 7) is 1.14. The summed E-state index contributed by atoms with van der Waals surface area (Å²) in [6.07, 6.45) is 12.2. The molecular weight excluding hydrogens is 446 g/mol. The number of H-pyrrole nitrogens is 1. The van der Waals surface area contributed by atoms with Crippen molar-refractivity contribution in [1.29, 1.82) is 0 Å². The number of para-hydroxylation sites is 1. The molecule has 0 saturated carbocycles. The van der Waals surface area contributed by atoms with Crippen LogP contribution < -0.4 is 15.8 Å². The van der Waals surface area contributed by atoms with E-state index in [-0.39, 0.29) is 6.04 Å². The van der Waals surface area contributed by atoms with Crippen molar-refractivity contribution in [1.82, 2.24) is 15.0 Å². The molecule has 0 aliphatic carbocycles. The number of benzene rings is 2. The van der Waals surface area contributed by atoms with Crippen molar-refractivity contribution in [3.8, 4) is 5.75 Å². The first-order valence-electron chi connectivity index (χ1n) is 12.0. The molecule has 0 unspecified atom stereocenters. The number of fused-ring (bicyclic) bond motifs is 1. The van der Waals surface area contributed by atoms with Gasteiger partial charge < -0.3 is 20.8 Å². The van der Waals surface area contributed by atoms with Crippen LogP contribution in [0.3, 0.4) is 0 Å². The van der Waals surface area contributed by atoms with Crippen molar-refractivity contribution in [2.75, 3.05) is 11.9 Å². The molecule has 0 spiro atoms. The van der Waals surface area contributed by atoms with Crippen LogP contribution in [0.25, 0.3) is 23.1 Å². The van der Waals surface area contributed by atoms with Gasteiger partial charge in [-0.3, -0.25) is 4.98 Å². The van der Waals surface area contributed by atoms with Crippen molar-refractivity contribution in [3.05, 3.63) is 120 Å². The van der Waals surface area contributed by atoms with Crippen molar-refractivity contribution in [3.63, 3.8) is 0 Å². The van der Waals surface area contributed by atoms with E-state index in [2.05, 4.69) is 44.5 Å². The lowest BCUT2D eigenvalue weighted by Gasteiger charge is -2.13. The molecular formula is C30H29N5O. The predicted octanol–water partition coefficient (Wildman–Crippen LogP) is 5.69. The second kappa shape index (κ2) is 11.3. The van der Waals surface area contributed by atoms with Gasteiger partial charge in [0.15, 0.2) is 0 Å². The van der Waals surface area contributed by atoms with E-state index in [4.69, 9.17) is 10.5 Å². The van der Waals surface area contributed by atoms with Crippen LogP contribution in [0.5, 0.6) is 5.75 Å². The lowest BCUT2D eigenvalue weighted by molar-refractivity contribution is 0.287. The fraction of sp³-hybridized carbons (Fsp3) is 0.133. The Balaban J connectivity index is 1.16. The number of aromatic nitrogens is 3. The average molecular weight is 476 g/mol. The Kier molecular flexibility index (Phi) is 7.35. The molecule has 6 nitrogen and oxygen atoms in total. The lowest BCUT2D eigenvalue weighted by atomic mass is 10.1. The lowest BCUT2D eigenvalue weighted by Crippen LogP contribution is -2.30. The van der Waals surface area contributed by atoms with Gasteiger partial charge in [0.05, 0.1) is 6.20 Å². The first-order chi connectivity index (χ1) is 17.7. The van der Waals surface area contributed by atoms with Crippen LogP contribution in [-0.4, -0.2) is 27.6 Å². The third-order valence-corrected chi connectivity index (χ3v) is 5.92. The second-order valence-electron chi connectivity index (χ2n) is 8.74. The highest BCUT2D eigenvalue weighted by molar-refractivity contribution is 5.83. The minimum Gasteiger partial charge on any atom is -0.490 e. The Labute approximate surface area is 210 Å². The normalized spacial score (nSPS) is 12.1. The van der Waals surface area contributed by atoms with Gasteiger partial charge in [0, 0.05) is 42.1 Å². The van der Waals surface area contributed by atoms with Gasteiger partial charge in [-0.1, -0.05) is 60.7 Å². The monoisotopic (exact) mass is 475 g/mol. The highest BCUT2D eigenvalue weighted by Gasteiger charge is 2.10. The number of nitrogens with zero attached hydrogens (tertiary/aromatic N) is 2. The number of pyridine rings is 2. The number of hydrogen-bond donors (Lipinski definition) is 3. The van der Waals surface area contributed by atoms with Crippen LogP contribution in [0.15, 0.2) is 97.6 Å². The van der Waals surface area contributed by atoms with Crippen LogP contribution in [0.2, 0.25) is 0 Å². The molecule has 1 atom stereocenters. The summed E-state index contributed by atoms with van der Waals surface area (Å²) in [5.74, 6) is 1.53. The zero-order chi connectivity index (χ0) is 24.6. The molecule has 4 N–H and O–H groups in total. The Morgan fingerprint density at radius 3 is 2.69 bits per heavy atom. The number of hydrogen-bond acceptors (Lipinski definition) is 5. The quantitative estimate of drug-likeness (QED) is 0.241. The number of aromatic amines is 1. The number of rotatable bonds is 10. The molecule has 0 bridgehead atoms. The summed E-state index contributed by atoms with van der Waals surface area (Å²) in [6, 6.07) is 24.4. The maximum Gasteiger partial charge on any atom is 0.138 e. The minimum atomic E-state index is -0.123. The van der Waals surface area contributed by atoms with Gasteiger partial charge in [-0.2, -0.15) is 0 Å². The topological polar surface area (TPSA) is 88.8 Å². The third-order valence-electron chi connectivity index (χ3n) is 5.92. The number of anilines is 1. The molecule has 5 rings (SSSR count). The Bertz CT molecular complexity index is 1440. The average Bonchev–Trinajstić information content (AvgIpc) is 3.33. The molecule has 0 saturated heterocycles. The Morgan fingerprint density at radius 1 is 0.944 bits per heavy atom. The van der Waals surface area contributed by atoms with Gasteiger partial charge in [-0.25, -0.2) is 4.98 Å². The van der Waals surface area contributed by atoms with Crippen molar-refractivity contribution >= 4 is 28.9 Å². The molecule has 180 valence electrons. The molecule has 3 heterocycles. The van der Waals surface area contributed by atoms with Gasteiger partial charge in [-0.05, 0) is 52.9 Å². The largest absolute Gasteiger partial charge is 0.490 e. The van der Waals surface area contributed by atoms with Crippen LogP contribution in [0.4, 0.5) is 5.82 Å². The molecule has 0 fully saturated rings. The molecule has 36 heavy (non-hydrogen) atoms. The summed E-state index contributed by atoms with van der Waals surface area (Å²) in [5, 5.41) is 4.57. The van der Waals surface area contributed by atoms with Crippen molar-refractivity contribution < 1.29 is 4.74 Å². The molecule has 0 radical (unpaired) electrons. The van der Waals surface area contributed by atoms with Gasteiger partial charge in [0.2, 0.25) is 0 Å². The Morgan fingerprint density at radius 2 is 1.78 bits per heavy atom. The van der Waals surface area contributed by atoms with E-state index >= 15 is 0 Å². The van der Waals surface area contributed by atoms with Crippen LogP contribution in [0, 0.1) is 0 Å². The zero-order valence-electron chi connectivity index (χ0n) is 20.0. The molecule has 6 heteroatoms. The molecule has 0 aliphatic rings. The SMILES string of the molecule is N[C@H](COc1cncc(/C=C/c2ccnc(NCc3ccccc3)c2)c1)Cc1c[nH]c2ccccc12.